The molecule has 0 radical (unpaired) electrons. The van der Waals surface area contributed by atoms with E-state index in [-0.39, 0.29) is 11.3 Å². The van der Waals surface area contributed by atoms with E-state index in [0.717, 1.165) is 16.7 Å². The van der Waals surface area contributed by atoms with Crippen molar-refractivity contribution in [2.24, 2.45) is 0 Å². The molecule has 0 amide bonds. The minimum Gasteiger partial charge on any atom is -0.486 e. The van der Waals surface area contributed by atoms with Crippen LogP contribution in [0.3, 0.4) is 0 Å². The maximum absolute atomic E-state index is 11.1. The Morgan fingerprint density at radius 1 is 1.26 bits per heavy atom. The number of benzene rings is 1. The number of carboxylic acids is 1. The molecule has 0 unspecified atom stereocenters. The second-order valence-corrected chi connectivity index (χ2v) is 4.34. The minimum absolute atomic E-state index is 0.126. The Balaban J connectivity index is 2.22. The van der Waals surface area contributed by atoms with Crippen molar-refractivity contribution in [2.45, 2.75) is 20.5 Å². The van der Waals surface area contributed by atoms with Crippen molar-refractivity contribution < 1.29 is 14.6 Å². The van der Waals surface area contributed by atoms with Gasteiger partial charge in [-0.1, -0.05) is 18.2 Å². The number of ether oxygens (including phenoxy) is 1. The Morgan fingerprint density at radius 3 is 2.58 bits per heavy atom. The molecule has 1 heterocycles. The van der Waals surface area contributed by atoms with Gasteiger partial charge in [0.05, 0.1) is 6.20 Å². The van der Waals surface area contributed by atoms with E-state index in [1.165, 1.54) is 18.5 Å². The summed E-state index contributed by atoms with van der Waals surface area (Å²) in [6, 6.07) is 7.43. The molecule has 0 atom stereocenters. The highest BCUT2D eigenvalue weighted by Crippen LogP contribution is 2.20. The third kappa shape index (κ3) is 2.91. The molecule has 1 aromatic carbocycles. The zero-order chi connectivity index (χ0) is 13.8. The minimum atomic E-state index is -1.01. The molecule has 4 heteroatoms. The van der Waals surface area contributed by atoms with Gasteiger partial charge in [0.2, 0.25) is 0 Å². The molecule has 0 bridgehead atoms. The summed E-state index contributed by atoms with van der Waals surface area (Å²) >= 11 is 0. The summed E-state index contributed by atoms with van der Waals surface area (Å²) < 4.78 is 5.60. The molecule has 0 aliphatic heterocycles. The first-order valence-corrected chi connectivity index (χ1v) is 5.95. The predicted molar refractivity (Wildman–Crippen MR) is 71.4 cm³/mol. The van der Waals surface area contributed by atoms with Gasteiger partial charge < -0.3 is 9.84 Å². The number of aryl methyl sites for hydroxylation is 2. The van der Waals surface area contributed by atoms with E-state index in [2.05, 4.69) is 4.98 Å². The summed E-state index contributed by atoms with van der Waals surface area (Å²) in [4.78, 5) is 15.0. The fourth-order valence-electron chi connectivity index (χ4n) is 1.90. The van der Waals surface area contributed by atoms with E-state index < -0.39 is 5.97 Å². The van der Waals surface area contributed by atoms with Gasteiger partial charge in [0.15, 0.2) is 5.75 Å². The molecule has 0 spiro atoms. The van der Waals surface area contributed by atoms with Crippen molar-refractivity contribution in [3.05, 3.63) is 58.9 Å². The second-order valence-electron chi connectivity index (χ2n) is 4.34. The van der Waals surface area contributed by atoms with Gasteiger partial charge in [-0.25, -0.2) is 4.79 Å². The molecule has 2 rings (SSSR count). The Morgan fingerprint density at radius 2 is 1.95 bits per heavy atom. The number of hydrogen-bond acceptors (Lipinski definition) is 3. The van der Waals surface area contributed by atoms with Crippen LogP contribution in [0, 0.1) is 13.8 Å². The summed E-state index contributed by atoms with van der Waals surface area (Å²) in [5.41, 5.74) is 3.45. The first kappa shape index (κ1) is 13.1. The zero-order valence-corrected chi connectivity index (χ0v) is 10.9. The fourth-order valence-corrected chi connectivity index (χ4v) is 1.90. The van der Waals surface area contributed by atoms with Gasteiger partial charge in [-0.15, -0.1) is 0 Å². The van der Waals surface area contributed by atoms with Crippen molar-refractivity contribution >= 4 is 5.97 Å². The van der Waals surface area contributed by atoms with Gasteiger partial charge in [-0.2, -0.15) is 0 Å². The van der Waals surface area contributed by atoms with Crippen LogP contribution in [-0.2, 0) is 6.61 Å². The molecule has 0 saturated carbocycles. The Kier molecular flexibility index (Phi) is 3.80. The lowest BCUT2D eigenvalue weighted by Gasteiger charge is -2.12. The lowest BCUT2D eigenvalue weighted by Crippen LogP contribution is -2.05. The Hall–Kier alpha value is -2.36. The van der Waals surface area contributed by atoms with Crippen LogP contribution in [0.15, 0.2) is 36.7 Å². The number of nitrogens with zero attached hydrogens (tertiary/aromatic N) is 1. The van der Waals surface area contributed by atoms with Crippen LogP contribution >= 0.6 is 0 Å². The number of aromatic carboxylic acids is 1. The Labute approximate surface area is 111 Å². The third-order valence-corrected chi connectivity index (χ3v) is 3.03. The number of carboxylic acid groups (broad SMARTS) is 1. The van der Waals surface area contributed by atoms with Crippen LogP contribution in [0.5, 0.6) is 5.75 Å². The molecule has 4 nitrogen and oxygen atoms in total. The van der Waals surface area contributed by atoms with Crippen molar-refractivity contribution in [1.29, 1.82) is 0 Å². The van der Waals surface area contributed by atoms with Gasteiger partial charge in [-0.05, 0) is 36.6 Å². The maximum atomic E-state index is 11.1. The summed E-state index contributed by atoms with van der Waals surface area (Å²) in [6.45, 7) is 4.35. The van der Waals surface area contributed by atoms with E-state index in [0.29, 0.717) is 6.61 Å². The molecule has 0 fully saturated rings. The van der Waals surface area contributed by atoms with E-state index >= 15 is 0 Å². The summed E-state index contributed by atoms with van der Waals surface area (Å²) in [5, 5.41) is 9.06. The number of hydrogen-bond donors (Lipinski definition) is 1. The predicted octanol–water partition coefficient (Wildman–Crippen LogP) is 2.98. The number of pyridine rings is 1. The molecule has 98 valence electrons. The second kappa shape index (κ2) is 5.52. The largest absolute Gasteiger partial charge is 0.486 e. The molecule has 2 aromatic rings. The van der Waals surface area contributed by atoms with Crippen molar-refractivity contribution in [3.63, 3.8) is 0 Å². The van der Waals surface area contributed by atoms with E-state index in [1.54, 1.807) is 0 Å². The van der Waals surface area contributed by atoms with Gasteiger partial charge in [0.1, 0.15) is 12.2 Å². The van der Waals surface area contributed by atoms with Gasteiger partial charge in [0, 0.05) is 6.20 Å². The van der Waals surface area contributed by atoms with Crippen LogP contribution in [0.2, 0.25) is 0 Å². The Bertz CT molecular complexity index is 588. The average molecular weight is 257 g/mol. The topological polar surface area (TPSA) is 59.4 Å². The van der Waals surface area contributed by atoms with E-state index in [4.69, 9.17) is 9.84 Å². The smallest absolute Gasteiger partial charge is 0.339 e. The standard InChI is InChI=1S/C15H15NO3/c1-10-4-3-5-11(2)13(10)9-19-14-8-16-7-6-12(14)15(17)18/h3-8H,9H2,1-2H3,(H,17,18). The highest BCUT2D eigenvalue weighted by atomic mass is 16.5. The van der Waals surface area contributed by atoms with Crippen LogP contribution in [0.4, 0.5) is 0 Å². The van der Waals surface area contributed by atoms with Crippen LogP contribution < -0.4 is 4.74 Å². The molecule has 0 saturated heterocycles. The highest BCUT2D eigenvalue weighted by molar-refractivity contribution is 5.90. The zero-order valence-electron chi connectivity index (χ0n) is 10.9. The van der Waals surface area contributed by atoms with Crippen LogP contribution in [0.1, 0.15) is 27.0 Å². The summed E-state index contributed by atoms with van der Waals surface area (Å²) in [6.07, 6.45) is 2.87. The van der Waals surface area contributed by atoms with E-state index in [9.17, 15) is 4.79 Å². The fraction of sp³-hybridized carbons (Fsp3) is 0.200. The first-order chi connectivity index (χ1) is 9.09. The summed E-state index contributed by atoms with van der Waals surface area (Å²) in [5.74, 6) is -0.725. The molecule has 1 N–H and O–H groups in total. The quantitative estimate of drug-likeness (QED) is 0.914. The average Bonchev–Trinajstić information content (AvgIpc) is 2.38. The van der Waals surface area contributed by atoms with Crippen molar-refractivity contribution in [2.75, 3.05) is 0 Å². The molecule has 19 heavy (non-hydrogen) atoms. The number of carbonyl (C=O) groups is 1. The first-order valence-electron chi connectivity index (χ1n) is 5.95. The lowest BCUT2D eigenvalue weighted by atomic mass is 10.0. The molecule has 0 aliphatic rings. The SMILES string of the molecule is Cc1cccc(C)c1COc1cnccc1C(=O)O. The monoisotopic (exact) mass is 257 g/mol. The summed E-state index contributed by atoms with van der Waals surface area (Å²) in [7, 11) is 0. The molecule has 0 aliphatic carbocycles. The van der Waals surface area contributed by atoms with Crippen LogP contribution in [0.25, 0.3) is 0 Å². The van der Waals surface area contributed by atoms with Gasteiger partial charge >= 0.3 is 5.97 Å². The van der Waals surface area contributed by atoms with Gasteiger partial charge in [-0.3, -0.25) is 4.98 Å². The third-order valence-electron chi connectivity index (χ3n) is 3.03. The van der Waals surface area contributed by atoms with Gasteiger partial charge in [0.25, 0.3) is 0 Å². The molecular weight excluding hydrogens is 242 g/mol. The van der Waals surface area contributed by atoms with Crippen molar-refractivity contribution in [1.82, 2.24) is 4.98 Å². The number of aromatic nitrogens is 1. The maximum Gasteiger partial charge on any atom is 0.339 e. The highest BCUT2D eigenvalue weighted by Gasteiger charge is 2.11. The normalized spacial score (nSPS) is 10.2. The van der Waals surface area contributed by atoms with Crippen LogP contribution in [-0.4, -0.2) is 16.1 Å². The van der Waals surface area contributed by atoms with Crippen molar-refractivity contribution in [3.8, 4) is 5.75 Å². The number of rotatable bonds is 4. The lowest BCUT2D eigenvalue weighted by molar-refractivity contribution is 0.0691. The van der Waals surface area contributed by atoms with E-state index in [1.807, 2.05) is 32.0 Å². The molecule has 1 aromatic heterocycles. The molecular formula is C15H15NO3.